The van der Waals surface area contributed by atoms with Gasteiger partial charge >= 0.3 is 0 Å². The molecule has 0 radical (unpaired) electrons. The molecule has 0 saturated carbocycles. The first-order chi connectivity index (χ1) is 6.59. The smallest absolute Gasteiger partial charge is 0.122 e. The second kappa shape index (κ2) is 4.85. The molecule has 76 valence electrons. The molecular weight excluding hydrogens is 172 g/mol. The number of hydrogen-bond donors (Lipinski definition) is 0. The molecule has 0 aliphatic carbocycles. The van der Waals surface area contributed by atoms with E-state index in [-0.39, 0.29) is 0 Å². The zero-order chi connectivity index (χ0) is 10.6. The van der Waals surface area contributed by atoms with Crippen LogP contribution in [0.2, 0.25) is 0 Å². The maximum atomic E-state index is 5.63. The van der Waals surface area contributed by atoms with Crippen molar-refractivity contribution in [2.75, 3.05) is 6.61 Å². The Morgan fingerprint density at radius 1 is 1.29 bits per heavy atom. The third-order valence-corrected chi connectivity index (χ3v) is 2.06. The standard InChI is InChI=1S/C13H18O/c1-10(2)7-8-14-13-6-5-11(3)9-12(13)4/h5-7,9H,8H2,1-4H3. The van der Waals surface area contributed by atoms with Crippen LogP contribution in [0.1, 0.15) is 25.0 Å². The molecule has 14 heavy (non-hydrogen) atoms. The minimum absolute atomic E-state index is 0.659. The van der Waals surface area contributed by atoms with Crippen LogP contribution in [0.15, 0.2) is 29.8 Å². The van der Waals surface area contributed by atoms with Gasteiger partial charge in [-0.2, -0.15) is 0 Å². The monoisotopic (exact) mass is 190 g/mol. The maximum Gasteiger partial charge on any atom is 0.122 e. The zero-order valence-electron chi connectivity index (χ0n) is 9.42. The van der Waals surface area contributed by atoms with Crippen molar-refractivity contribution in [3.63, 3.8) is 0 Å². The minimum atomic E-state index is 0.659. The fourth-order valence-corrected chi connectivity index (χ4v) is 1.26. The van der Waals surface area contributed by atoms with Gasteiger partial charge in [0.05, 0.1) is 0 Å². The van der Waals surface area contributed by atoms with E-state index in [9.17, 15) is 0 Å². The Morgan fingerprint density at radius 2 is 2.00 bits per heavy atom. The number of hydrogen-bond acceptors (Lipinski definition) is 1. The van der Waals surface area contributed by atoms with Crippen LogP contribution >= 0.6 is 0 Å². The van der Waals surface area contributed by atoms with Crippen LogP contribution in [-0.4, -0.2) is 6.61 Å². The number of rotatable bonds is 3. The lowest BCUT2D eigenvalue weighted by Gasteiger charge is -2.07. The molecule has 0 aromatic heterocycles. The summed E-state index contributed by atoms with van der Waals surface area (Å²) in [6.07, 6.45) is 2.08. The van der Waals surface area contributed by atoms with Gasteiger partial charge in [0, 0.05) is 0 Å². The summed E-state index contributed by atoms with van der Waals surface area (Å²) in [6, 6.07) is 6.24. The highest BCUT2D eigenvalue weighted by Crippen LogP contribution is 2.18. The lowest BCUT2D eigenvalue weighted by Crippen LogP contribution is -1.96. The van der Waals surface area contributed by atoms with Gasteiger partial charge in [0.15, 0.2) is 0 Å². The Labute approximate surface area is 86.4 Å². The molecule has 0 heterocycles. The topological polar surface area (TPSA) is 9.23 Å². The first-order valence-electron chi connectivity index (χ1n) is 4.93. The van der Waals surface area contributed by atoms with E-state index in [4.69, 9.17) is 4.74 Å². The Bertz CT molecular complexity index is 333. The average molecular weight is 190 g/mol. The van der Waals surface area contributed by atoms with E-state index in [1.807, 2.05) is 6.07 Å². The number of allylic oxidation sites excluding steroid dienone is 1. The fourth-order valence-electron chi connectivity index (χ4n) is 1.26. The van der Waals surface area contributed by atoms with Crippen LogP contribution in [0, 0.1) is 13.8 Å². The average Bonchev–Trinajstić information content (AvgIpc) is 2.08. The van der Waals surface area contributed by atoms with E-state index < -0.39 is 0 Å². The van der Waals surface area contributed by atoms with Crippen LogP contribution in [-0.2, 0) is 0 Å². The van der Waals surface area contributed by atoms with Crippen molar-refractivity contribution in [2.24, 2.45) is 0 Å². The Balaban J connectivity index is 2.64. The van der Waals surface area contributed by atoms with Crippen molar-refractivity contribution in [3.8, 4) is 5.75 Å². The highest BCUT2D eigenvalue weighted by Gasteiger charge is 1.97. The van der Waals surface area contributed by atoms with Gasteiger partial charge < -0.3 is 4.74 Å². The Morgan fingerprint density at radius 3 is 2.57 bits per heavy atom. The fraction of sp³-hybridized carbons (Fsp3) is 0.385. The first-order valence-corrected chi connectivity index (χ1v) is 4.93. The maximum absolute atomic E-state index is 5.63. The van der Waals surface area contributed by atoms with Gasteiger partial charge in [0.2, 0.25) is 0 Å². The number of aryl methyl sites for hydroxylation is 2. The highest BCUT2D eigenvalue weighted by atomic mass is 16.5. The number of benzene rings is 1. The third-order valence-electron chi connectivity index (χ3n) is 2.06. The van der Waals surface area contributed by atoms with Crippen LogP contribution in [0.25, 0.3) is 0 Å². The second-order valence-electron chi connectivity index (χ2n) is 3.86. The molecule has 1 aromatic carbocycles. The zero-order valence-corrected chi connectivity index (χ0v) is 9.42. The van der Waals surface area contributed by atoms with Crippen LogP contribution in [0.3, 0.4) is 0 Å². The second-order valence-corrected chi connectivity index (χ2v) is 3.86. The Hall–Kier alpha value is -1.24. The molecule has 0 aliphatic heterocycles. The summed E-state index contributed by atoms with van der Waals surface area (Å²) in [7, 11) is 0. The van der Waals surface area contributed by atoms with Crippen molar-refractivity contribution in [3.05, 3.63) is 41.0 Å². The molecule has 1 aromatic rings. The van der Waals surface area contributed by atoms with Crippen molar-refractivity contribution in [1.29, 1.82) is 0 Å². The van der Waals surface area contributed by atoms with Crippen molar-refractivity contribution in [1.82, 2.24) is 0 Å². The predicted molar refractivity (Wildman–Crippen MR) is 60.8 cm³/mol. The highest BCUT2D eigenvalue weighted by molar-refractivity contribution is 5.35. The van der Waals surface area contributed by atoms with Gasteiger partial charge in [0.1, 0.15) is 12.4 Å². The van der Waals surface area contributed by atoms with Gasteiger partial charge in [-0.25, -0.2) is 0 Å². The molecular formula is C13H18O. The molecule has 1 rings (SSSR count). The van der Waals surface area contributed by atoms with E-state index >= 15 is 0 Å². The molecule has 1 heteroatoms. The Kier molecular flexibility index (Phi) is 3.75. The SMILES string of the molecule is CC(C)=CCOc1ccc(C)cc1C. The van der Waals surface area contributed by atoms with E-state index in [1.54, 1.807) is 0 Å². The van der Waals surface area contributed by atoms with Gasteiger partial charge in [-0.05, 0) is 45.4 Å². The summed E-state index contributed by atoms with van der Waals surface area (Å²) in [5.74, 6) is 0.980. The van der Waals surface area contributed by atoms with E-state index in [0.29, 0.717) is 6.61 Å². The molecule has 0 fully saturated rings. The summed E-state index contributed by atoms with van der Waals surface area (Å²) in [5.41, 5.74) is 3.76. The molecule has 1 nitrogen and oxygen atoms in total. The predicted octanol–water partition coefficient (Wildman–Crippen LogP) is 3.65. The van der Waals surface area contributed by atoms with E-state index in [1.165, 1.54) is 16.7 Å². The lowest BCUT2D eigenvalue weighted by molar-refractivity contribution is 0.359. The van der Waals surface area contributed by atoms with Gasteiger partial charge in [-0.3, -0.25) is 0 Å². The summed E-state index contributed by atoms with van der Waals surface area (Å²) in [4.78, 5) is 0. The largest absolute Gasteiger partial charge is 0.489 e. The summed E-state index contributed by atoms with van der Waals surface area (Å²) in [5, 5.41) is 0. The minimum Gasteiger partial charge on any atom is -0.489 e. The molecule has 0 amide bonds. The first kappa shape index (κ1) is 10.8. The molecule has 0 spiro atoms. The van der Waals surface area contributed by atoms with E-state index in [2.05, 4.69) is 45.9 Å². The normalized spacial score (nSPS) is 9.71. The lowest BCUT2D eigenvalue weighted by atomic mass is 10.1. The van der Waals surface area contributed by atoms with Gasteiger partial charge in [-0.1, -0.05) is 23.3 Å². The van der Waals surface area contributed by atoms with Crippen molar-refractivity contribution >= 4 is 0 Å². The van der Waals surface area contributed by atoms with Crippen molar-refractivity contribution < 1.29 is 4.74 Å². The summed E-state index contributed by atoms with van der Waals surface area (Å²) < 4.78 is 5.63. The summed E-state index contributed by atoms with van der Waals surface area (Å²) >= 11 is 0. The molecule has 0 saturated heterocycles. The van der Waals surface area contributed by atoms with Gasteiger partial charge in [0.25, 0.3) is 0 Å². The number of ether oxygens (including phenoxy) is 1. The molecule has 0 aliphatic rings. The molecule has 0 bridgehead atoms. The molecule has 0 atom stereocenters. The summed E-state index contributed by atoms with van der Waals surface area (Å²) in [6.45, 7) is 8.97. The molecule has 0 N–H and O–H groups in total. The molecule has 0 unspecified atom stereocenters. The van der Waals surface area contributed by atoms with E-state index in [0.717, 1.165) is 5.75 Å². The van der Waals surface area contributed by atoms with Crippen LogP contribution in [0.4, 0.5) is 0 Å². The van der Waals surface area contributed by atoms with Crippen LogP contribution in [0.5, 0.6) is 5.75 Å². The van der Waals surface area contributed by atoms with Crippen LogP contribution < -0.4 is 4.74 Å². The third kappa shape index (κ3) is 3.25. The van der Waals surface area contributed by atoms with Gasteiger partial charge in [-0.15, -0.1) is 0 Å². The van der Waals surface area contributed by atoms with Crippen molar-refractivity contribution in [2.45, 2.75) is 27.7 Å². The quantitative estimate of drug-likeness (QED) is 0.661.